The highest BCUT2D eigenvalue weighted by atomic mass is 16.4. The summed E-state index contributed by atoms with van der Waals surface area (Å²) in [6, 6.07) is 7.48. The zero-order valence-corrected chi connectivity index (χ0v) is 11.1. The summed E-state index contributed by atoms with van der Waals surface area (Å²) in [7, 11) is 1.92. The minimum absolute atomic E-state index is 0.0993. The molecular formula is C13H21N3O2. The van der Waals surface area contributed by atoms with Gasteiger partial charge < -0.3 is 16.0 Å². The standard InChI is InChI=1S/C13H21N3O2/c1-13(2,17)9-16(3)8-10-6-4-5-7-11(10)12(14)15-18/h4-7,17-18H,8-9H2,1-3H3,(H2,14,15). The lowest BCUT2D eigenvalue weighted by atomic mass is 10.1. The molecule has 1 rings (SSSR count). The highest BCUT2D eigenvalue weighted by Crippen LogP contribution is 2.13. The summed E-state index contributed by atoms with van der Waals surface area (Å²) in [5.74, 6) is 0.0993. The second-order valence-electron chi connectivity index (χ2n) is 5.13. The molecule has 0 heterocycles. The Balaban J connectivity index is 2.85. The van der Waals surface area contributed by atoms with Crippen molar-refractivity contribution in [2.45, 2.75) is 26.0 Å². The number of benzene rings is 1. The molecule has 4 N–H and O–H groups in total. The van der Waals surface area contributed by atoms with Gasteiger partial charge in [0, 0.05) is 18.7 Å². The molecule has 18 heavy (non-hydrogen) atoms. The zero-order valence-electron chi connectivity index (χ0n) is 11.1. The minimum Gasteiger partial charge on any atom is -0.409 e. The summed E-state index contributed by atoms with van der Waals surface area (Å²) in [4.78, 5) is 1.99. The maximum atomic E-state index is 9.76. The monoisotopic (exact) mass is 251 g/mol. The molecule has 100 valence electrons. The van der Waals surface area contributed by atoms with Crippen LogP contribution in [0, 0.1) is 0 Å². The van der Waals surface area contributed by atoms with Crippen LogP contribution in [0.25, 0.3) is 0 Å². The van der Waals surface area contributed by atoms with Gasteiger partial charge in [0.15, 0.2) is 5.84 Å². The van der Waals surface area contributed by atoms with Gasteiger partial charge in [-0.1, -0.05) is 29.4 Å². The summed E-state index contributed by atoms with van der Waals surface area (Å²) in [6.07, 6.45) is 0. The normalized spacial score (nSPS) is 13.1. The Kier molecular flexibility index (Phi) is 4.69. The first-order valence-electron chi connectivity index (χ1n) is 5.80. The lowest BCUT2D eigenvalue weighted by Gasteiger charge is -2.26. The molecule has 0 aliphatic heterocycles. The summed E-state index contributed by atoms with van der Waals surface area (Å²) in [6.45, 7) is 4.69. The number of likely N-dealkylation sites (N-methyl/N-ethyl adjacent to an activating group) is 1. The molecule has 0 unspecified atom stereocenters. The predicted octanol–water partition coefficient (Wildman–Crippen LogP) is 0.984. The largest absolute Gasteiger partial charge is 0.409 e. The summed E-state index contributed by atoms with van der Waals surface area (Å²) < 4.78 is 0. The van der Waals surface area contributed by atoms with Gasteiger partial charge in [0.1, 0.15) is 0 Å². The maximum Gasteiger partial charge on any atom is 0.170 e. The fraction of sp³-hybridized carbons (Fsp3) is 0.462. The van der Waals surface area contributed by atoms with Crippen LogP contribution in [0.2, 0.25) is 0 Å². The highest BCUT2D eigenvalue weighted by Gasteiger charge is 2.16. The number of amidine groups is 1. The third-order valence-electron chi connectivity index (χ3n) is 2.50. The molecule has 0 radical (unpaired) electrons. The highest BCUT2D eigenvalue weighted by molar-refractivity contribution is 5.98. The lowest BCUT2D eigenvalue weighted by molar-refractivity contribution is 0.0424. The van der Waals surface area contributed by atoms with Crippen LogP contribution in [0.5, 0.6) is 0 Å². The van der Waals surface area contributed by atoms with Crippen LogP contribution in [-0.2, 0) is 6.54 Å². The summed E-state index contributed by atoms with van der Waals surface area (Å²) in [5, 5.41) is 21.5. The van der Waals surface area contributed by atoms with Gasteiger partial charge in [0.25, 0.3) is 0 Å². The van der Waals surface area contributed by atoms with Crippen LogP contribution in [0.4, 0.5) is 0 Å². The number of nitrogens with zero attached hydrogens (tertiary/aromatic N) is 2. The molecule has 0 saturated carbocycles. The van der Waals surface area contributed by atoms with Crippen molar-refractivity contribution >= 4 is 5.84 Å². The zero-order chi connectivity index (χ0) is 13.8. The number of oxime groups is 1. The third-order valence-corrected chi connectivity index (χ3v) is 2.50. The van der Waals surface area contributed by atoms with Gasteiger partial charge in [-0.3, -0.25) is 4.90 Å². The molecule has 0 aromatic heterocycles. The molecule has 5 nitrogen and oxygen atoms in total. The molecule has 0 bridgehead atoms. The lowest BCUT2D eigenvalue weighted by Crippen LogP contribution is -2.36. The predicted molar refractivity (Wildman–Crippen MR) is 71.6 cm³/mol. The van der Waals surface area contributed by atoms with E-state index < -0.39 is 5.60 Å². The molecule has 0 aliphatic carbocycles. The van der Waals surface area contributed by atoms with Gasteiger partial charge >= 0.3 is 0 Å². The first-order valence-corrected chi connectivity index (χ1v) is 5.80. The van der Waals surface area contributed by atoms with Crippen LogP contribution in [0.1, 0.15) is 25.0 Å². The molecule has 0 fully saturated rings. The molecule has 0 aliphatic rings. The Hall–Kier alpha value is -1.59. The van der Waals surface area contributed by atoms with Crippen LogP contribution >= 0.6 is 0 Å². The number of aliphatic hydroxyl groups is 1. The fourth-order valence-corrected chi connectivity index (χ4v) is 1.97. The molecular weight excluding hydrogens is 230 g/mol. The number of hydrogen-bond donors (Lipinski definition) is 3. The van der Waals surface area contributed by atoms with Gasteiger partial charge in [-0.2, -0.15) is 0 Å². The van der Waals surface area contributed by atoms with E-state index in [2.05, 4.69) is 5.16 Å². The van der Waals surface area contributed by atoms with Crippen molar-refractivity contribution in [3.63, 3.8) is 0 Å². The average molecular weight is 251 g/mol. The van der Waals surface area contributed by atoms with Crippen LogP contribution < -0.4 is 5.73 Å². The summed E-state index contributed by atoms with van der Waals surface area (Å²) in [5.41, 5.74) is 6.55. The van der Waals surface area contributed by atoms with Crippen molar-refractivity contribution in [1.82, 2.24) is 4.90 Å². The van der Waals surface area contributed by atoms with Crippen molar-refractivity contribution < 1.29 is 10.3 Å². The Morgan fingerprint density at radius 2 is 2.00 bits per heavy atom. The van der Waals surface area contributed by atoms with E-state index in [9.17, 15) is 5.11 Å². The van der Waals surface area contributed by atoms with E-state index in [4.69, 9.17) is 10.9 Å². The molecule has 1 aromatic rings. The second-order valence-corrected chi connectivity index (χ2v) is 5.13. The topological polar surface area (TPSA) is 82.1 Å². The first-order chi connectivity index (χ1) is 8.33. The van der Waals surface area contributed by atoms with Gasteiger partial charge in [-0.05, 0) is 26.5 Å². The van der Waals surface area contributed by atoms with E-state index in [1.807, 2.05) is 36.2 Å². The maximum absolute atomic E-state index is 9.76. The van der Waals surface area contributed by atoms with Crippen LogP contribution in [-0.4, -0.2) is 40.2 Å². The first kappa shape index (κ1) is 14.5. The van der Waals surface area contributed by atoms with E-state index in [1.54, 1.807) is 13.8 Å². The third kappa shape index (κ3) is 4.35. The molecule has 0 atom stereocenters. The Morgan fingerprint density at radius 3 is 2.56 bits per heavy atom. The van der Waals surface area contributed by atoms with Gasteiger partial charge in [0.2, 0.25) is 0 Å². The minimum atomic E-state index is -0.750. The van der Waals surface area contributed by atoms with E-state index in [0.717, 1.165) is 5.56 Å². The van der Waals surface area contributed by atoms with Gasteiger partial charge in [-0.25, -0.2) is 0 Å². The molecule has 5 heteroatoms. The van der Waals surface area contributed by atoms with E-state index in [1.165, 1.54) is 0 Å². The fourth-order valence-electron chi connectivity index (χ4n) is 1.97. The number of hydrogen-bond acceptors (Lipinski definition) is 4. The Morgan fingerprint density at radius 1 is 1.39 bits per heavy atom. The van der Waals surface area contributed by atoms with Crippen molar-refractivity contribution in [3.05, 3.63) is 35.4 Å². The van der Waals surface area contributed by atoms with E-state index in [-0.39, 0.29) is 5.84 Å². The Labute approximate surface area is 108 Å². The SMILES string of the molecule is CN(Cc1ccccc1C(N)=NO)CC(C)(C)O. The number of rotatable bonds is 5. The van der Waals surface area contributed by atoms with Gasteiger partial charge in [0.05, 0.1) is 5.60 Å². The molecule has 0 saturated heterocycles. The number of nitrogens with two attached hydrogens (primary N) is 1. The van der Waals surface area contributed by atoms with Crippen molar-refractivity contribution in [3.8, 4) is 0 Å². The molecule has 0 amide bonds. The van der Waals surface area contributed by atoms with Crippen LogP contribution in [0.15, 0.2) is 29.4 Å². The van der Waals surface area contributed by atoms with Crippen molar-refractivity contribution in [2.24, 2.45) is 10.9 Å². The average Bonchev–Trinajstić information content (AvgIpc) is 2.26. The van der Waals surface area contributed by atoms with Crippen molar-refractivity contribution in [1.29, 1.82) is 0 Å². The van der Waals surface area contributed by atoms with E-state index >= 15 is 0 Å². The quantitative estimate of drug-likeness (QED) is 0.315. The van der Waals surface area contributed by atoms with E-state index in [0.29, 0.717) is 18.7 Å². The van der Waals surface area contributed by atoms with Crippen molar-refractivity contribution in [2.75, 3.05) is 13.6 Å². The smallest absolute Gasteiger partial charge is 0.170 e. The van der Waals surface area contributed by atoms with Crippen LogP contribution in [0.3, 0.4) is 0 Å². The Bertz CT molecular complexity index is 424. The molecule has 0 spiro atoms. The second kappa shape index (κ2) is 5.84. The summed E-state index contributed by atoms with van der Waals surface area (Å²) >= 11 is 0. The van der Waals surface area contributed by atoms with Gasteiger partial charge in [-0.15, -0.1) is 0 Å². The molecule has 1 aromatic carbocycles.